The van der Waals surface area contributed by atoms with Crippen LogP contribution in [0.3, 0.4) is 0 Å². The van der Waals surface area contributed by atoms with Crippen molar-refractivity contribution >= 4 is 11.6 Å². The summed E-state index contributed by atoms with van der Waals surface area (Å²) in [4.78, 5) is 12.6. The molecule has 0 aliphatic rings. The first-order chi connectivity index (χ1) is 15.3. The zero-order chi connectivity index (χ0) is 24.4. The Kier molecular flexibility index (Phi) is 6.28. The molecule has 1 aromatic heterocycles. The predicted octanol–water partition coefficient (Wildman–Crippen LogP) is 4.82. The van der Waals surface area contributed by atoms with Gasteiger partial charge in [-0.1, -0.05) is 4.85 Å². The van der Waals surface area contributed by atoms with Crippen molar-refractivity contribution in [2.75, 3.05) is 5.32 Å². The Morgan fingerprint density at radius 3 is 2.18 bits per heavy atom. The van der Waals surface area contributed by atoms with Gasteiger partial charge in [0.2, 0.25) is 6.20 Å². The molecule has 33 heavy (non-hydrogen) atoms. The molecule has 0 aliphatic carbocycles. The van der Waals surface area contributed by atoms with E-state index in [-0.39, 0.29) is 16.3 Å². The molecule has 14 heteroatoms. The van der Waals surface area contributed by atoms with Crippen molar-refractivity contribution in [3.8, 4) is 17.2 Å². The van der Waals surface area contributed by atoms with Crippen LogP contribution in [0.5, 0.6) is 17.2 Å². The normalized spacial score (nSPS) is 11.7. The number of anilines is 1. The van der Waals surface area contributed by atoms with Crippen molar-refractivity contribution in [2.45, 2.75) is 12.5 Å². The topological polar surface area (TPSA) is 87.4 Å². The molecule has 1 heterocycles. The van der Waals surface area contributed by atoms with Crippen LogP contribution < -0.4 is 19.6 Å². The monoisotopic (exact) mass is 477 g/mol. The van der Waals surface area contributed by atoms with Crippen LogP contribution in [-0.2, 0) is 6.18 Å². The van der Waals surface area contributed by atoms with Crippen molar-refractivity contribution < 1.29 is 49.8 Å². The van der Waals surface area contributed by atoms with Gasteiger partial charge in [0.1, 0.15) is 28.5 Å². The zero-order valence-electron chi connectivity index (χ0n) is 15.9. The largest absolute Gasteiger partial charge is 0.594 e. The Balaban J connectivity index is 1.97. The summed E-state index contributed by atoms with van der Waals surface area (Å²) in [6.45, 7) is 0. The van der Waals surface area contributed by atoms with E-state index in [0.717, 1.165) is 42.7 Å². The highest BCUT2D eigenvalue weighted by molar-refractivity contribution is 6.06. The van der Waals surface area contributed by atoms with Gasteiger partial charge >= 0.3 is 12.5 Å². The molecule has 7 nitrogen and oxygen atoms in total. The summed E-state index contributed by atoms with van der Waals surface area (Å²) in [6, 6.07) is 5.72. The number of hydrogen-bond donors (Lipinski definition) is 1. The maximum absolute atomic E-state index is 14.7. The molecule has 0 atom stereocenters. The first-order valence-electron chi connectivity index (χ1n) is 8.64. The molecule has 0 fully saturated rings. The third kappa shape index (κ3) is 5.99. The maximum Gasteiger partial charge on any atom is 0.573 e. The van der Waals surface area contributed by atoms with Gasteiger partial charge in [-0.25, -0.2) is 4.39 Å². The molecule has 174 valence electrons. The van der Waals surface area contributed by atoms with E-state index in [0.29, 0.717) is 12.1 Å². The highest BCUT2D eigenvalue weighted by atomic mass is 19.4. The van der Waals surface area contributed by atoms with Gasteiger partial charge in [0.05, 0.1) is 11.8 Å². The Morgan fingerprint density at radius 1 is 0.970 bits per heavy atom. The number of ether oxygens (including phenoxy) is 2. The first kappa shape index (κ1) is 23.6. The number of rotatable bonds is 5. The van der Waals surface area contributed by atoms with Crippen molar-refractivity contribution in [2.24, 2.45) is 0 Å². The third-order valence-corrected chi connectivity index (χ3v) is 3.86. The molecule has 0 bridgehead atoms. The lowest BCUT2D eigenvalue weighted by Gasteiger charge is -2.16. The minimum atomic E-state index is -5.15. The van der Waals surface area contributed by atoms with Gasteiger partial charge in [-0.3, -0.25) is 4.79 Å². The van der Waals surface area contributed by atoms with Crippen molar-refractivity contribution in [3.63, 3.8) is 0 Å². The lowest BCUT2D eigenvalue weighted by atomic mass is 10.1. The minimum absolute atomic E-state index is 0.0418. The van der Waals surface area contributed by atoms with Crippen LogP contribution in [0.4, 0.5) is 36.4 Å². The highest BCUT2D eigenvalue weighted by Crippen LogP contribution is 2.37. The molecule has 0 aliphatic heterocycles. The number of carbonyl (C=O) groups excluding carboxylic acids is 1. The van der Waals surface area contributed by atoms with E-state index in [9.17, 15) is 40.7 Å². The van der Waals surface area contributed by atoms with Crippen molar-refractivity contribution in [3.05, 3.63) is 77.0 Å². The number of amides is 1. The first-order valence-corrected chi connectivity index (χ1v) is 8.64. The van der Waals surface area contributed by atoms with E-state index in [1.165, 1.54) is 0 Å². The second-order valence-electron chi connectivity index (χ2n) is 6.19. The Labute approximate surface area is 179 Å². The van der Waals surface area contributed by atoms with Crippen LogP contribution in [0.15, 0.2) is 54.9 Å². The van der Waals surface area contributed by atoms with E-state index in [2.05, 4.69) is 9.84 Å². The van der Waals surface area contributed by atoms with E-state index in [1.807, 2.05) is 5.32 Å². The summed E-state index contributed by atoms with van der Waals surface area (Å²) in [7, 11) is 0. The Bertz CT molecular complexity index is 1170. The fourth-order valence-electron chi connectivity index (χ4n) is 2.55. The van der Waals surface area contributed by atoms with Crippen LogP contribution in [0.25, 0.3) is 0 Å². The van der Waals surface area contributed by atoms with Crippen LogP contribution >= 0.6 is 0 Å². The van der Waals surface area contributed by atoms with Crippen molar-refractivity contribution in [1.29, 1.82) is 0 Å². The smallest absolute Gasteiger partial charge is 0.573 e. The standard InChI is InChI=1S/C19H10F7N3O4/c20-16-13(18(21,22)23)5-6-14(15(16)17(30)28-10-7-8-27-29(31)9-10)32-11-1-3-12(4-2-11)33-19(24,25)26/h1-9H,(H,28,30). The van der Waals surface area contributed by atoms with E-state index < -0.39 is 46.9 Å². The number of alkyl halides is 6. The lowest BCUT2D eigenvalue weighted by molar-refractivity contribution is -0.668. The summed E-state index contributed by atoms with van der Waals surface area (Å²) in [5.41, 5.74) is -3.13. The number of benzene rings is 2. The van der Waals surface area contributed by atoms with Gasteiger partial charge in [0.25, 0.3) is 5.91 Å². The van der Waals surface area contributed by atoms with Gasteiger partial charge in [0, 0.05) is 5.10 Å². The average Bonchev–Trinajstić information content (AvgIpc) is 2.67. The molecular formula is C19H10F7N3O4. The fraction of sp³-hybridized carbons (Fsp3) is 0.105. The average molecular weight is 477 g/mol. The van der Waals surface area contributed by atoms with Gasteiger partial charge in [-0.2, -0.15) is 13.2 Å². The number of nitrogens with one attached hydrogen (secondary N) is 1. The Morgan fingerprint density at radius 2 is 1.61 bits per heavy atom. The molecule has 0 saturated heterocycles. The van der Waals surface area contributed by atoms with Gasteiger partial charge in [-0.15, -0.1) is 13.2 Å². The second-order valence-corrected chi connectivity index (χ2v) is 6.19. The molecule has 0 spiro atoms. The number of halogens is 7. The molecule has 0 radical (unpaired) electrons. The molecule has 0 saturated carbocycles. The summed E-state index contributed by atoms with van der Waals surface area (Å²) < 4.78 is 99.8. The summed E-state index contributed by atoms with van der Waals surface area (Å²) in [6.07, 6.45) is -8.36. The van der Waals surface area contributed by atoms with Gasteiger partial charge < -0.3 is 20.0 Å². The molecular weight excluding hydrogens is 467 g/mol. The highest BCUT2D eigenvalue weighted by Gasteiger charge is 2.37. The number of nitrogens with zero attached hydrogens (tertiary/aromatic N) is 2. The Hall–Kier alpha value is -4.10. The molecule has 1 N–H and O–H groups in total. The quantitative estimate of drug-likeness (QED) is 0.324. The molecule has 3 rings (SSSR count). The van der Waals surface area contributed by atoms with Gasteiger partial charge in [-0.05, 0) is 42.5 Å². The second kappa shape index (κ2) is 8.80. The molecule has 3 aromatic rings. The summed E-state index contributed by atoms with van der Waals surface area (Å²) in [5.74, 6) is -4.88. The molecule has 1 amide bonds. The SMILES string of the molecule is O=C(Nc1ccn[n+]([O-])c1)c1c(Oc2ccc(OC(F)(F)F)cc2)ccc(C(F)(F)F)c1F. The zero-order valence-corrected chi connectivity index (χ0v) is 15.9. The van der Waals surface area contributed by atoms with Crippen molar-refractivity contribution in [1.82, 2.24) is 5.10 Å². The predicted molar refractivity (Wildman–Crippen MR) is 95.8 cm³/mol. The lowest BCUT2D eigenvalue weighted by Crippen LogP contribution is -2.30. The van der Waals surface area contributed by atoms with Crippen LogP contribution in [0.2, 0.25) is 0 Å². The number of aromatic nitrogens is 2. The fourth-order valence-corrected chi connectivity index (χ4v) is 2.55. The number of hydrogen-bond acceptors (Lipinski definition) is 5. The van der Waals surface area contributed by atoms with E-state index in [1.54, 1.807) is 0 Å². The van der Waals surface area contributed by atoms with Gasteiger partial charge in [0.15, 0.2) is 5.82 Å². The summed E-state index contributed by atoms with van der Waals surface area (Å²) >= 11 is 0. The molecule has 0 unspecified atom stereocenters. The minimum Gasteiger partial charge on any atom is -0.594 e. The van der Waals surface area contributed by atoms with E-state index in [4.69, 9.17) is 4.74 Å². The van der Waals surface area contributed by atoms with Crippen LogP contribution in [0, 0.1) is 11.0 Å². The number of carbonyl (C=O) groups is 1. The summed E-state index contributed by atoms with van der Waals surface area (Å²) in [5, 5.41) is 16.5. The van der Waals surface area contributed by atoms with Crippen LogP contribution in [0.1, 0.15) is 15.9 Å². The maximum atomic E-state index is 14.7. The van der Waals surface area contributed by atoms with E-state index >= 15 is 0 Å². The molecule has 2 aromatic carbocycles. The van der Waals surface area contributed by atoms with Crippen LogP contribution in [-0.4, -0.2) is 17.4 Å². The third-order valence-electron chi connectivity index (χ3n) is 3.86.